The number of rotatable bonds is 42. The summed E-state index contributed by atoms with van der Waals surface area (Å²) in [5.74, 6) is 0.924. The Labute approximate surface area is 325 Å². The zero-order chi connectivity index (χ0) is 38.2. The van der Waals surface area contributed by atoms with E-state index in [1.165, 1.54) is 154 Å². The first kappa shape index (κ1) is 50.7. The Balaban J connectivity index is 4.18. The predicted molar refractivity (Wildman–Crippen MR) is 226 cm³/mol. The molecule has 0 fully saturated rings. The summed E-state index contributed by atoms with van der Waals surface area (Å²) in [4.78, 5) is 14.7. The zero-order valence-corrected chi connectivity index (χ0v) is 35.6. The number of ether oxygens (including phenoxy) is 2. The lowest BCUT2D eigenvalue weighted by Gasteiger charge is -2.23. The second-order valence-electron chi connectivity index (χ2n) is 15.9. The Kier molecular flexibility index (Phi) is 39.9. The molecule has 0 aliphatic rings. The molecule has 1 N–H and O–H groups in total. The van der Waals surface area contributed by atoms with Crippen LogP contribution in [0.15, 0.2) is 18.1 Å². The molecule has 0 radical (unpaired) electrons. The lowest BCUT2D eigenvalue weighted by atomic mass is 10.0. The van der Waals surface area contributed by atoms with E-state index < -0.39 is 0 Å². The third-order valence-corrected chi connectivity index (χ3v) is 10.7. The second kappa shape index (κ2) is 40.9. The van der Waals surface area contributed by atoms with Crippen LogP contribution in [0.4, 0.5) is 0 Å². The highest BCUT2D eigenvalue weighted by atomic mass is 16.5. The Morgan fingerprint density at radius 1 is 0.538 bits per heavy atom. The zero-order valence-electron chi connectivity index (χ0n) is 35.6. The predicted octanol–water partition coefficient (Wildman–Crippen LogP) is 14.2. The Hall–Kier alpha value is -1.29. The lowest BCUT2D eigenvalue weighted by molar-refractivity contribution is -0.148. The van der Waals surface area contributed by atoms with Gasteiger partial charge in [-0.1, -0.05) is 181 Å². The number of nitrogens with zero attached hydrogens (tertiary/aromatic N) is 1. The monoisotopic (exact) mass is 734 g/mol. The third kappa shape index (κ3) is 35.7. The van der Waals surface area contributed by atoms with E-state index in [0.29, 0.717) is 19.1 Å². The van der Waals surface area contributed by atoms with Crippen LogP contribution in [0.2, 0.25) is 0 Å². The first-order chi connectivity index (χ1) is 25.5. The first-order valence-corrected chi connectivity index (χ1v) is 23.1. The fraction of sp³-hybridized carbons (Fsp3) is 0.915. The molecule has 0 bridgehead atoms. The van der Waals surface area contributed by atoms with Gasteiger partial charge in [0.2, 0.25) is 0 Å². The minimum atomic E-state index is -0.0769. The van der Waals surface area contributed by atoms with E-state index in [1.54, 1.807) is 0 Å². The van der Waals surface area contributed by atoms with E-state index >= 15 is 0 Å². The van der Waals surface area contributed by atoms with Crippen LogP contribution >= 0.6 is 0 Å². The van der Waals surface area contributed by atoms with Crippen molar-refractivity contribution in [2.45, 2.75) is 252 Å². The molecule has 1 atom stereocenters. The topological polar surface area (TPSA) is 59.0 Å². The largest absolute Gasteiger partial charge is 0.487 e. The summed E-state index contributed by atoms with van der Waals surface area (Å²) >= 11 is 0. The number of aliphatic hydroxyl groups is 1. The number of carbonyl (C=O) groups excluding carboxylic acids is 1. The van der Waals surface area contributed by atoms with E-state index in [-0.39, 0.29) is 18.7 Å². The molecule has 0 aromatic heterocycles. The van der Waals surface area contributed by atoms with Crippen LogP contribution in [-0.2, 0) is 14.3 Å². The van der Waals surface area contributed by atoms with Crippen molar-refractivity contribution in [2.75, 3.05) is 26.2 Å². The number of hydrogen-bond acceptors (Lipinski definition) is 5. The van der Waals surface area contributed by atoms with Gasteiger partial charge in [0.05, 0.1) is 12.7 Å². The quantitative estimate of drug-likeness (QED) is 0.0293. The molecule has 0 aromatic rings. The summed E-state index contributed by atoms with van der Waals surface area (Å²) in [5, 5.41) is 9.62. The molecule has 0 spiro atoms. The maximum Gasteiger partial charge on any atom is 0.306 e. The molecule has 0 saturated heterocycles. The van der Waals surface area contributed by atoms with Crippen molar-refractivity contribution in [3.8, 4) is 0 Å². The fourth-order valence-electron chi connectivity index (χ4n) is 7.23. The van der Waals surface area contributed by atoms with Crippen LogP contribution in [0, 0.1) is 0 Å². The maximum atomic E-state index is 12.4. The van der Waals surface area contributed by atoms with Gasteiger partial charge in [-0.2, -0.15) is 0 Å². The molecule has 5 nitrogen and oxygen atoms in total. The number of aliphatic hydroxyl groups excluding tert-OH is 1. The van der Waals surface area contributed by atoms with Crippen molar-refractivity contribution < 1.29 is 19.4 Å². The molecule has 0 aliphatic heterocycles. The summed E-state index contributed by atoms with van der Waals surface area (Å²) in [7, 11) is 0. The van der Waals surface area contributed by atoms with Crippen molar-refractivity contribution in [2.24, 2.45) is 0 Å². The van der Waals surface area contributed by atoms with Crippen LogP contribution in [0.25, 0.3) is 0 Å². The highest BCUT2D eigenvalue weighted by molar-refractivity contribution is 5.69. The maximum absolute atomic E-state index is 12.4. The molecule has 0 aliphatic carbocycles. The minimum absolute atomic E-state index is 0.0527. The second-order valence-corrected chi connectivity index (χ2v) is 15.9. The van der Waals surface area contributed by atoms with Gasteiger partial charge in [0.15, 0.2) is 0 Å². The summed E-state index contributed by atoms with van der Waals surface area (Å²) in [6.45, 7) is 15.5. The molecule has 5 heteroatoms. The van der Waals surface area contributed by atoms with Crippen LogP contribution in [0.5, 0.6) is 0 Å². The highest BCUT2D eigenvalue weighted by Gasteiger charge is 2.14. The smallest absolute Gasteiger partial charge is 0.306 e. The van der Waals surface area contributed by atoms with E-state index in [4.69, 9.17) is 9.47 Å². The molecule has 0 aromatic carbocycles. The average Bonchev–Trinajstić information content (AvgIpc) is 3.14. The molecule has 308 valence electrons. The standard InChI is InChI=1S/C47H91NO4/c1-6-10-13-16-19-20-21-22-23-28-33-38-47(50)51-44(5)39-41-48(42-43-49)40-34-29-24-27-30-35-45(9-4)52-46(36-31-25-17-14-11-7-2)37-32-26-18-15-12-8-3/h44,46,49H,4,6-8,10-43H2,1-3,5H3. The number of unbranched alkanes of at least 4 members (excludes halogenated alkanes) is 24. The Bertz CT molecular complexity index is 778. The van der Waals surface area contributed by atoms with Crippen LogP contribution in [-0.4, -0.2) is 54.4 Å². The van der Waals surface area contributed by atoms with Gasteiger partial charge in [0, 0.05) is 25.9 Å². The van der Waals surface area contributed by atoms with Gasteiger partial charge < -0.3 is 19.5 Å². The summed E-state index contributed by atoms with van der Waals surface area (Å²) in [6.07, 6.45) is 40.8. The van der Waals surface area contributed by atoms with Gasteiger partial charge in [0.1, 0.15) is 11.9 Å². The lowest BCUT2D eigenvalue weighted by Crippen LogP contribution is -2.31. The molecule has 0 rings (SSSR count). The van der Waals surface area contributed by atoms with Gasteiger partial charge in [-0.05, 0) is 64.8 Å². The average molecular weight is 734 g/mol. The first-order valence-electron chi connectivity index (χ1n) is 23.1. The number of carbonyl (C=O) groups is 1. The van der Waals surface area contributed by atoms with Gasteiger partial charge in [-0.15, -0.1) is 0 Å². The number of esters is 1. The summed E-state index contributed by atoms with van der Waals surface area (Å²) in [6, 6.07) is 0. The van der Waals surface area contributed by atoms with Crippen molar-refractivity contribution in [1.82, 2.24) is 4.90 Å². The summed E-state index contributed by atoms with van der Waals surface area (Å²) in [5.41, 5.74) is 3.14. The van der Waals surface area contributed by atoms with Crippen molar-refractivity contribution in [3.63, 3.8) is 0 Å². The number of hydrogen-bond donors (Lipinski definition) is 1. The number of allylic oxidation sites excluding steroid dienone is 1. The van der Waals surface area contributed by atoms with E-state index in [0.717, 1.165) is 70.2 Å². The van der Waals surface area contributed by atoms with Crippen LogP contribution < -0.4 is 0 Å². The van der Waals surface area contributed by atoms with Gasteiger partial charge >= 0.3 is 5.97 Å². The Morgan fingerprint density at radius 2 is 0.962 bits per heavy atom. The van der Waals surface area contributed by atoms with E-state index in [1.807, 2.05) is 6.92 Å². The molecular formula is C47H91NO4. The molecule has 0 amide bonds. The van der Waals surface area contributed by atoms with Crippen LogP contribution in [0.1, 0.15) is 240 Å². The molecule has 1 unspecified atom stereocenters. The third-order valence-electron chi connectivity index (χ3n) is 10.7. The van der Waals surface area contributed by atoms with Crippen molar-refractivity contribution >= 4 is 5.97 Å². The summed E-state index contributed by atoms with van der Waals surface area (Å²) < 4.78 is 12.3. The molecule has 0 saturated carbocycles. The van der Waals surface area contributed by atoms with Crippen LogP contribution in [0.3, 0.4) is 0 Å². The minimum Gasteiger partial charge on any atom is -0.487 e. The van der Waals surface area contributed by atoms with Gasteiger partial charge in [-0.3, -0.25) is 4.79 Å². The molecule has 0 heterocycles. The van der Waals surface area contributed by atoms with Crippen molar-refractivity contribution in [3.05, 3.63) is 18.1 Å². The SMILES string of the molecule is C=C=C(CCCCCCCN(CCO)CCC(C)OC(=O)CCCCCCCCCCCCC)OC(CCCCCCCC)CCCCCCCC. The Morgan fingerprint density at radius 3 is 1.42 bits per heavy atom. The molecule has 52 heavy (non-hydrogen) atoms. The van der Waals surface area contributed by atoms with E-state index in [2.05, 4.69) is 38.0 Å². The fourth-order valence-corrected chi connectivity index (χ4v) is 7.23. The van der Waals surface area contributed by atoms with Crippen molar-refractivity contribution in [1.29, 1.82) is 0 Å². The van der Waals surface area contributed by atoms with Gasteiger partial charge in [0.25, 0.3) is 0 Å². The highest BCUT2D eigenvalue weighted by Crippen LogP contribution is 2.22. The molecular weight excluding hydrogens is 643 g/mol. The normalized spacial score (nSPS) is 12.1. The van der Waals surface area contributed by atoms with E-state index in [9.17, 15) is 9.90 Å². The van der Waals surface area contributed by atoms with Gasteiger partial charge in [-0.25, -0.2) is 0 Å².